The predicted molar refractivity (Wildman–Crippen MR) is 70.0 cm³/mol. The van der Waals surface area contributed by atoms with E-state index >= 15 is 0 Å². The highest BCUT2D eigenvalue weighted by Crippen LogP contribution is 2.65. The summed E-state index contributed by atoms with van der Waals surface area (Å²) >= 11 is 1.76. The van der Waals surface area contributed by atoms with Gasteiger partial charge < -0.3 is 5.32 Å². The Morgan fingerprint density at radius 1 is 1.35 bits per heavy atom. The molecule has 2 nitrogen and oxygen atoms in total. The lowest BCUT2D eigenvalue weighted by atomic mass is 10.0. The van der Waals surface area contributed by atoms with Crippen LogP contribution in [-0.4, -0.2) is 11.0 Å². The first kappa shape index (κ1) is 10.5. The molecule has 3 aliphatic carbocycles. The Hall–Kier alpha value is -0.410. The van der Waals surface area contributed by atoms with Crippen LogP contribution < -0.4 is 5.32 Å². The molecule has 3 fully saturated rings. The Labute approximate surface area is 107 Å². The second-order valence-electron chi connectivity index (χ2n) is 6.19. The maximum Gasteiger partial charge on any atom is 0.0898 e. The Bertz CT molecular complexity index is 425. The van der Waals surface area contributed by atoms with Gasteiger partial charge in [0, 0.05) is 17.5 Å². The molecule has 0 amide bonds. The van der Waals surface area contributed by atoms with Crippen LogP contribution in [0.25, 0.3) is 0 Å². The van der Waals surface area contributed by atoms with Crippen LogP contribution in [0.3, 0.4) is 0 Å². The van der Waals surface area contributed by atoms with Crippen molar-refractivity contribution in [2.45, 2.75) is 45.2 Å². The SMILES string of the molecule is Cc1nc(C(C)NC2C3C4CCC(C4)C23)cs1. The van der Waals surface area contributed by atoms with Crippen LogP contribution in [-0.2, 0) is 0 Å². The summed E-state index contributed by atoms with van der Waals surface area (Å²) in [6.45, 7) is 4.36. The van der Waals surface area contributed by atoms with Gasteiger partial charge in [-0.2, -0.15) is 0 Å². The van der Waals surface area contributed by atoms with Crippen LogP contribution in [0.1, 0.15) is 42.9 Å². The van der Waals surface area contributed by atoms with Crippen LogP contribution in [0.2, 0.25) is 0 Å². The van der Waals surface area contributed by atoms with E-state index in [4.69, 9.17) is 0 Å². The number of hydrogen-bond donors (Lipinski definition) is 1. The molecule has 4 rings (SSSR count). The van der Waals surface area contributed by atoms with E-state index in [2.05, 4.69) is 29.5 Å². The number of nitrogens with zero attached hydrogens (tertiary/aromatic N) is 1. The minimum Gasteiger partial charge on any atom is -0.305 e. The standard InChI is InChI=1S/C14H20N2S/c1-7(11-6-17-8(2)16-11)15-14-12-9-3-4-10(5-9)13(12)14/h6-7,9-10,12-15H,3-5H2,1-2H3. The Kier molecular flexibility index (Phi) is 2.19. The summed E-state index contributed by atoms with van der Waals surface area (Å²) in [6, 6.07) is 1.26. The molecular formula is C14H20N2S. The molecule has 0 aliphatic heterocycles. The molecule has 0 aromatic carbocycles. The van der Waals surface area contributed by atoms with Gasteiger partial charge in [-0.25, -0.2) is 4.98 Å². The second-order valence-corrected chi connectivity index (χ2v) is 7.26. The molecule has 17 heavy (non-hydrogen) atoms. The molecule has 5 atom stereocenters. The van der Waals surface area contributed by atoms with Gasteiger partial charge in [0.05, 0.1) is 10.7 Å². The number of hydrogen-bond acceptors (Lipinski definition) is 3. The van der Waals surface area contributed by atoms with Crippen LogP contribution in [0.5, 0.6) is 0 Å². The van der Waals surface area contributed by atoms with Gasteiger partial charge in [-0.05, 0) is 56.8 Å². The van der Waals surface area contributed by atoms with Crippen molar-refractivity contribution in [2.75, 3.05) is 0 Å². The van der Waals surface area contributed by atoms with Gasteiger partial charge in [0.1, 0.15) is 0 Å². The number of fused-ring (bicyclic) bond motifs is 5. The maximum atomic E-state index is 4.60. The predicted octanol–water partition coefficient (Wildman–Crippen LogP) is 3.15. The Balaban J connectivity index is 1.43. The van der Waals surface area contributed by atoms with Crippen LogP contribution in [0.4, 0.5) is 0 Å². The highest BCUT2D eigenvalue weighted by Gasteiger charge is 2.64. The third kappa shape index (κ3) is 1.52. The fourth-order valence-electron chi connectivity index (χ4n) is 4.50. The third-order valence-corrected chi connectivity index (χ3v) is 6.05. The second kappa shape index (κ2) is 3.55. The summed E-state index contributed by atoms with van der Waals surface area (Å²) in [5.74, 6) is 4.17. The lowest BCUT2D eigenvalue weighted by molar-refractivity contribution is 0.430. The van der Waals surface area contributed by atoms with E-state index in [0.717, 1.165) is 29.7 Å². The molecule has 2 bridgehead atoms. The normalized spacial score (nSPS) is 43.8. The average molecular weight is 248 g/mol. The summed E-state index contributed by atoms with van der Waals surface area (Å²) in [6.07, 6.45) is 4.56. The van der Waals surface area contributed by atoms with E-state index in [1.54, 1.807) is 11.3 Å². The van der Waals surface area contributed by atoms with Crippen molar-refractivity contribution in [1.29, 1.82) is 0 Å². The van der Waals surface area contributed by atoms with Crippen LogP contribution >= 0.6 is 11.3 Å². The van der Waals surface area contributed by atoms with E-state index in [1.165, 1.54) is 30.0 Å². The molecule has 5 unspecified atom stereocenters. The zero-order chi connectivity index (χ0) is 11.6. The Morgan fingerprint density at radius 3 is 2.65 bits per heavy atom. The molecule has 1 aromatic heterocycles. The summed E-state index contributed by atoms with van der Waals surface area (Å²) in [7, 11) is 0. The van der Waals surface area contributed by atoms with Gasteiger partial charge >= 0.3 is 0 Å². The summed E-state index contributed by atoms with van der Waals surface area (Å²) in [5, 5.41) is 7.22. The van der Waals surface area contributed by atoms with Crippen LogP contribution in [0.15, 0.2) is 5.38 Å². The van der Waals surface area contributed by atoms with Crippen molar-refractivity contribution >= 4 is 11.3 Å². The van der Waals surface area contributed by atoms with E-state index in [1.807, 2.05) is 0 Å². The average Bonchev–Trinajstić information content (AvgIpc) is 2.77. The summed E-state index contributed by atoms with van der Waals surface area (Å²) in [4.78, 5) is 4.60. The van der Waals surface area contributed by atoms with Gasteiger partial charge in [0.25, 0.3) is 0 Å². The number of aryl methyl sites for hydroxylation is 1. The zero-order valence-electron chi connectivity index (χ0n) is 10.5. The first-order valence-corrected chi connectivity index (χ1v) is 7.80. The molecule has 3 heteroatoms. The van der Waals surface area contributed by atoms with E-state index in [9.17, 15) is 0 Å². The lowest BCUT2D eigenvalue weighted by Gasteiger charge is -2.15. The molecule has 0 radical (unpaired) electrons. The van der Waals surface area contributed by atoms with E-state index in [0.29, 0.717) is 6.04 Å². The molecular weight excluding hydrogens is 228 g/mol. The smallest absolute Gasteiger partial charge is 0.0898 e. The molecule has 0 saturated heterocycles. The van der Waals surface area contributed by atoms with Crippen molar-refractivity contribution in [1.82, 2.24) is 10.3 Å². The van der Waals surface area contributed by atoms with Crippen molar-refractivity contribution in [3.8, 4) is 0 Å². The third-order valence-electron chi connectivity index (χ3n) is 5.26. The summed E-state index contributed by atoms with van der Waals surface area (Å²) < 4.78 is 0. The van der Waals surface area contributed by atoms with Gasteiger partial charge in [0.15, 0.2) is 0 Å². The fraction of sp³-hybridized carbons (Fsp3) is 0.786. The van der Waals surface area contributed by atoms with Crippen molar-refractivity contribution < 1.29 is 0 Å². The zero-order valence-corrected chi connectivity index (χ0v) is 11.3. The van der Waals surface area contributed by atoms with Gasteiger partial charge in [0.2, 0.25) is 0 Å². The summed E-state index contributed by atoms with van der Waals surface area (Å²) in [5.41, 5.74) is 1.24. The van der Waals surface area contributed by atoms with Crippen molar-refractivity contribution in [3.05, 3.63) is 16.1 Å². The van der Waals surface area contributed by atoms with Gasteiger partial charge in [-0.15, -0.1) is 11.3 Å². The topological polar surface area (TPSA) is 24.9 Å². The number of rotatable bonds is 3. The van der Waals surface area contributed by atoms with E-state index < -0.39 is 0 Å². The highest BCUT2D eigenvalue weighted by atomic mass is 32.1. The van der Waals surface area contributed by atoms with Gasteiger partial charge in [-0.1, -0.05) is 0 Å². The van der Waals surface area contributed by atoms with Gasteiger partial charge in [-0.3, -0.25) is 0 Å². The molecule has 3 aliphatic rings. The maximum absolute atomic E-state index is 4.60. The van der Waals surface area contributed by atoms with Crippen molar-refractivity contribution in [3.63, 3.8) is 0 Å². The monoisotopic (exact) mass is 248 g/mol. The minimum absolute atomic E-state index is 0.440. The minimum atomic E-state index is 0.440. The first-order chi connectivity index (χ1) is 8.24. The quantitative estimate of drug-likeness (QED) is 0.889. The number of nitrogens with one attached hydrogen (secondary N) is 1. The molecule has 3 saturated carbocycles. The highest BCUT2D eigenvalue weighted by molar-refractivity contribution is 7.09. The largest absolute Gasteiger partial charge is 0.305 e. The fourth-order valence-corrected chi connectivity index (χ4v) is 5.21. The molecule has 1 aromatic rings. The number of aromatic nitrogens is 1. The first-order valence-electron chi connectivity index (χ1n) is 6.92. The Morgan fingerprint density at radius 2 is 2.06 bits per heavy atom. The number of thiazole rings is 1. The van der Waals surface area contributed by atoms with Crippen molar-refractivity contribution in [2.24, 2.45) is 23.7 Å². The van der Waals surface area contributed by atoms with Crippen LogP contribution in [0, 0.1) is 30.6 Å². The molecule has 1 heterocycles. The lowest BCUT2D eigenvalue weighted by Crippen LogP contribution is -2.26. The molecule has 92 valence electrons. The van der Waals surface area contributed by atoms with E-state index in [-0.39, 0.29) is 0 Å². The molecule has 1 N–H and O–H groups in total. The molecule has 0 spiro atoms.